The molecule has 9 heteroatoms. The van der Waals surface area contributed by atoms with E-state index in [2.05, 4.69) is 16.0 Å². The van der Waals surface area contributed by atoms with Crippen LogP contribution in [0.1, 0.15) is 44.7 Å². The van der Waals surface area contributed by atoms with E-state index in [4.69, 9.17) is 0 Å². The highest BCUT2D eigenvalue weighted by Crippen LogP contribution is 2.32. The van der Waals surface area contributed by atoms with E-state index in [1.54, 1.807) is 18.2 Å². The molecule has 0 saturated carbocycles. The van der Waals surface area contributed by atoms with Gasteiger partial charge in [0.2, 0.25) is 11.8 Å². The van der Waals surface area contributed by atoms with Crippen LogP contribution in [0, 0.1) is 0 Å². The molecule has 3 heterocycles. The number of nitrogens with zero attached hydrogens (tertiary/aromatic N) is 1. The number of benzene rings is 2. The molecule has 4 amide bonds. The van der Waals surface area contributed by atoms with Crippen molar-refractivity contribution < 1.29 is 19.2 Å². The van der Waals surface area contributed by atoms with E-state index in [9.17, 15) is 19.2 Å². The van der Waals surface area contributed by atoms with E-state index in [1.165, 1.54) is 4.90 Å². The summed E-state index contributed by atoms with van der Waals surface area (Å²) in [5.41, 5.74) is 4.29. The van der Waals surface area contributed by atoms with E-state index in [0.29, 0.717) is 16.7 Å². The standard InChI is InChI=1S/C22H20N4O4.ClH/c27-19-8-7-18(21(29)25-19)26-11-15-12(3-1-4-13(15)22(26)30)20(28)24-17-6-2-5-16-14(17)9-10-23-16;/h1-6,18,23H,7-11H2,(H,24,28)(H,25,27,29);1H. The molecule has 5 rings (SSSR count). The summed E-state index contributed by atoms with van der Waals surface area (Å²) in [7, 11) is 0. The number of rotatable bonds is 3. The van der Waals surface area contributed by atoms with Gasteiger partial charge in [-0.1, -0.05) is 12.1 Å². The molecule has 1 saturated heterocycles. The number of fused-ring (bicyclic) bond motifs is 2. The van der Waals surface area contributed by atoms with Crippen LogP contribution in [0.3, 0.4) is 0 Å². The Bertz CT molecular complexity index is 1120. The van der Waals surface area contributed by atoms with Gasteiger partial charge in [-0.2, -0.15) is 0 Å². The van der Waals surface area contributed by atoms with Gasteiger partial charge in [-0.05, 0) is 42.7 Å². The maximum absolute atomic E-state index is 13.1. The van der Waals surface area contributed by atoms with Crippen LogP contribution >= 0.6 is 12.4 Å². The Morgan fingerprint density at radius 1 is 1.03 bits per heavy atom. The van der Waals surface area contributed by atoms with Crippen molar-refractivity contribution >= 4 is 47.4 Å². The number of carbonyl (C=O) groups is 4. The topological polar surface area (TPSA) is 108 Å². The molecule has 1 unspecified atom stereocenters. The van der Waals surface area contributed by atoms with Gasteiger partial charge in [0.25, 0.3) is 11.8 Å². The summed E-state index contributed by atoms with van der Waals surface area (Å²) >= 11 is 0. The summed E-state index contributed by atoms with van der Waals surface area (Å²) in [6.45, 7) is 0.997. The Kier molecular flexibility index (Phi) is 5.41. The molecule has 3 aliphatic rings. The van der Waals surface area contributed by atoms with Crippen molar-refractivity contribution in [2.45, 2.75) is 31.8 Å². The average molecular weight is 441 g/mol. The van der Waals surface area contributed by atoms with Crippen LogP contribution < -0.4 is 16.0 Å². The van der Waals surface area contributed by atoms with Gasteiger partial charge in [0.05, 0.1) is 0 Å². The smallest absolute Gasteiger partial charge is 0.256 e. The Morgan fingerprint density at radius 2 is 1.84 bits per heavy atom. The zero-order chi connectivity index (χ0) is 20.8. The third-order valence-electron chi connectivity index (χ3n) is 5.94. The Hall–Kier alpha value is -3.39. The fourth-order valence-electron chi connectivity index (χ4n) is 4.45. The van der Waals surface area contributed by atoms with Crippen molar-refractivity contribution in [2.24, 2.45) is 0 Å². The van der Waals surface area contributed by atoms with Gasteiger partial charge < -0.3 is 15.5 Å². The molecule has 0 aliphatic carbocycles. The van der Waals surface area contributed by atoms with Crippen LogP contribution in [0.25, 0.3) is 0 Å². The monoisotopic (exact) mass is 440 g/mol. The number of hydrogen-bond acceptors (Lipinski definition) is 5. The summed E-state index contributed by atoms with van der Waals surface area (Å²) in [5, 5.41) is 8.56. The lowest BCUT2D eigenvalue weighted by atomic mass is 10.0. The number of amides is 4. The average Bonchev–Trinajstić information content (AvgIpc) is 3.33. The van der Waals surface area contributed by atoms with Crippen LogP contribution in [-0.4, -0.2) is 41.1 Å². The maximum Gasteiger partial charge on any atom is 0.256 e. The molecule has 3 aliphatic heterocycles. The predicted octanol–water partition coefficient (Wildman–Crippen LogP) is 2.09. The summed E-state index contributed by atoms with van der Waals surface area (Å²) in [6, 6.07) is 10.1. The molecule has 0 bridgehead atoms. The lowest BCUT2D eigenvalue weighted by Gasteiger charge is -2.29. The molecule has 160 valence electrons. The number of anilines is 2. The van der Waals surface area contributed by atoms with Crippen molar-refractivity contribution in [3.8, 4) is 0 Å². The van der Waals surface area contributed by atoms with E-state index >= 15 is 0 Å². The van der Waals surface area contributed by atoms with Gasteiger partial charge in [0.15, 0.2) is 0 Å². The molecule has 31 heavy (non-hydrogen) atoms. The molecule has 2 aromatic rings. The predicted molar refractivity (Wildman–Crippen MR) is 116 cm³/mol. The van der Waals surface area contributed by atoms with Gasteiger partial charge >= 0.3 is 0 Å². The molecule has 0 spiro atoms. The van der Waals surface area contributed by atoms with Gasteiger partial charge in [0.1, 0.15) is 6.04 Å². The highest BCUT2D eigenvalue weighted by Gasteiger charge is 2.40. The second-order valence-corrected chi connectivity index (χ2v) is 7.69. The number of halogens is 1. The molecule has 1 atom stereocenters. The molecular formula is C22H21ClN4O4. The minimum atomic E-state index is -0.707. The van der Waals surface area contributed by atoms with Gasteiger partial charge in [-0.3, -0.25) is 24.5 Å². The molecule has 3 N–H and O–H groups in total. The summed E-state index contributed by atoms with van der Waals surface area (Å²) in [6.07, 6.45) is 1.31. The lowest BCUT2D eigenvalue weighted by molar-refractivity contribution is -0.136. The largest absolute Gasteiger partial charge is 0.384 e. The first-order valence-corrected chi connectivity index (χ1v) is 9.96. The fourth-order valence-corrected chi connectivity index (χ4v) is 4.45. The highest BCUT2D eigenvalue weighted by atomic mass is 35.5. The molecule has 8 nitrogen and oxygen atoms in total. The zero-order valence-corrected chi connectivity index (χ0v) is 17.4. The number of nitrogens with one attached hydrogen (secondary N) is 3. The van der Waals surface area contributed by atoms with Crippen molar-refractivity contribution in [3.63, 3.8) is 0 Å². The number of hydrogen-bond donors (Lipinski definition) is 3. The normalized spacial score (nSPS) is 19.2. The molecule has 0 aromatic heterocycles. The van der Waals surface area contributed by atoms with Gasteiger partial charge in [0, 0.05) is 47.6 Å². The highest BCUT2D eigenvalue weighted by molar-refractivity contribution is 6.11. The minimum absolute atomic E-state index is 0. The first-order chi connectivity index (χ1) is 14.5. The minimum Gasteiger partial charge on any atom is -0.384 e. The van der Waals surface area contributed by atoms with Crippen LogP contribution in [0.15, 0.2) is 36.4 Å². The Labute approximate surface area is 184 Å². The zero-order valence-electron chi connectivity index (χ0n) is 16.6. The first kappa shape index (κ1) is 20.9. The lowest BCUT2D eigenvalue weighted by Crippen LogP contribution is -2.52. The Morgan fingerprint density at radius 3 is 2.65 bits per heavy atom. The fraction of sp³-hybridized carbons (Fsp3) is 0.273. The molecule has 0 radical (unpaired) electrons. The van der Waals surface area contributed by atoms with Crippen molar-refractivity contribution in [3.05, 3.63) is 58.7 Å². The summed E-state index contributed by atoms with van der Waals surface area (Å²) in [4.78, 5) is 51.2. The third kappa shape index (κ3) is 3.53. The second-order valence-electron chi connectivity index (χ2n) is 7.69. The second kappa shape index (κ2) is 8.03. The van der Waals surface area contributed by atoms with Gasteiger partial charge in [-0.15, -0.1) is 12.4 Å². The third-order valence-corrected chi connectivity index (χ3v) is 5.94. The molecular weight excluding hydrogens is 420 g/mol. The quantitative estimate of drug-likeness (QED) is 0.633. The molecule has 1 fully saturated rings. The van der Waals surface area contributed by atoms with Crippen molar-refractivity contribution in [1.82, 2.24) is 10.2 Å². The van der Waals surface area contributed by atoms with Gasteiger partial charge in [-0.25, -0.2) is 0 Å². The van der Waals surface area contributed by atoms with Crippen LogP contribution in [-0.2, 0) is 22.6 Å². The van der Waals surface area contributed by atoms with E-state index in [0.717, 1.165) is 29.9 Å². The van der Waals surface area contributed by atoms with E-state index in [1.807, 2.05) is 18.2 Å². The SMILES string of the molecule is Cl.O=C1CCC(N2Cc3c(C(=O)Nc4cccc5c4CCN5)cccc3C2=O)C(=O)N1. The van der Waals surface area contributed by atoms with E-state index < -0.39 is 11.9 Å². The first-order valence-electron chi connectivity index (χ1n) is 9.96. The van der Waals surface area contributed by atoms with Crippen LogP contribution in [0.4, 0.5) is 11.4 Å². The van der Waals surface area contributed by atoms with Crippen LogP contribution in [0.5, 0.6) is 0 Å². The molecule has 2 aromatic carbocycles. The van der Waals surface area contributed by atoms with Crippen molar-refractivity contribution in [2.75, 3.05) is 17.2 Å². The van der Waals surface area contributed by atoms with E-state index in [-0.39, 0.29) is 49.5 Å². The van der Waals surface area contributed by atoms with Crippen LogP contribution in [0.2, 0.25) is 0 Å². The number of piperidine rings is 1. The summed E-state index contributed by atoms with van der Waals surface area (Å²) in [5.74, 6) is -1.37. The number of imide groups is 1. The summed E-state index contributed by atoms with van der Waals surface area (Å²) < 4.78 is 0. The number of carbonyl (C=O) groups excluding carboxylic acids is 4. The maximum atomic E-state index is 13.1. The van der Waals surface area contributed by atoms with Crippen molar-refractivity contribution in [1.29, 1.82) is 0 Å². The Balaban J connectivity index is 0.00000231.